The summed E-state index contributed by atoms with van der Waals surface area (Å²) >= 11 is 0. The van der Waals surface area contributed by atoms with Gasteiger partial charge in [0, 0.05) is 12.8 Å². The second kappa shape index (κ2) is 66.0. The average molecular weight is 1640 g/mol. The molecule has 2 aromatic carbocycles. The summed E-state index contributed by atoms with van der Waals surface area (Å²) in [6, 6.07) is 12.8. The average Bonchev–Trinajstić information content (AvgIpc) is 0.773. The summed E-state index contributed by atoms with van der Waals surface area (Å²) in [4.78, 5) is 72.0. The van der Waals surface area contributed by atoms with E-state index in [9.17, 15) is 39.9 Å². The number of phosphoric ester groups is 1. The highest BCUT2D eigenvalue weighted by Gasteiger charge is 2.55. The van der Waals surface area contributed by atoms with Crippen LogP contribution in [0.1, 0.15) is 388 Å². The van der Waals surface area contributed by atoms with Gasteiger partial charge in [0.25, 0.3) is 0 Å². The highest BCUT2D eigenvalue weighted by Crippen LogP contribution is 2.53. The van der Waals surface area contributed by atoms with E-state index < -0.39 is 143 Å². The fourth-order valence-corrected chi connectivity index (χ4v) is 16.8. The fourth-order valence-electron chi connectivity index (χ4n) is 15.3. The van der Waals surface area contributed by atoms with Crippen LogP contribution in [-0.4, -0.2) is 148 Å². The van der Waals surface area contributed by atoms with E-state index in [2.05, 4.69) is 45.3 Å². The van der Waals surface area contributed by atoms with Crippen molar-refractivity contribution < 1.29 is 96.1 Å². The van der Waals surface area contributed by atoms with Crippen LogP contribution in [0.3, 0.4) is 0 Å². The zero-order valence-electron chi connectivity index (χ0n) is 71.9. The van der Waals surface area contributed by atoms with Crippen molar-refractivity contribution in [1.82, 2.24) is 10.6 Å². The fraction of sp³-hybridized carbons (Fsp3) is 0.815. The Balaban J connectivity index is 1.76. The molecule has 0 unspecified atom stereocenters. The van der Waals surface area contributed by atoms with Gasteiger partial charge in [0.2, 0.25) is 11.8 Å². The van der Waals surface area contributed by atoms with Crippen LogP contribution in [0, 0.1) is 0 Å². The zero-order valence-corrected chi connectivity index (χ0v) is 72.8. The Morgan fingerprint density at radius 2 is 0.765 bits per heavy atom. The lowest BCUT2D eigenvalue weighted by molar-refractivity contribution is -0.297. The third-order valence-electron chi connectivity index (χ3n) is 22.3. The van der Waals surface area contributed by atoms with Crippen molar-refractivity contribution in [3.8, 4) is 11.5 Å². The Labute approximate surface area is 693 Å². The largest absolute Gasteiger partial charge is 0.588 e. The van der Waals surface area contributed by atoms with E-state index in [0.717, 1.165) is 154 Å². The first-order chi connectivity index (χ1) is 56.0. The van der Waals surface area contributed by atoms with Gasteiger partial charge in [-0.3, -0.25) is 28.5 Å². The normalized spacial score (nSPS) is 20.4. The highest BCUT2D eigenvalue weighted by atomic mass is 31.2. The van der Waals surface area contributed by atoms with Crippen LogP contribution < -0.4 is 19.7 Å². The summed E-state index contributed by atoms with van der Waals surface area (Å²) in [5.41, 5.74) is 0. The van der Waals surface area contributed by atoms with Gasteiger partial charge >= 0.3 is 25.7 Å². The molecule has 4 rings (SSSR count). The van der Waals surface area contributed by atoms with E-state index in [0.29, 0.717) is 51.4 Å². The van der Waals surface area contributed by atoms with Crippen LogP contribution in [0.2, 0.25) is 0 Å². The number of hydrogen-bond acceptors (Lipinski definition) is 20. The zero-order chi connectivity index (χ0) is 83.2. The van der Waals surface area contributed by atoms with Crippen LogP contribution in [0.4, 0.5) is 0 Å². The standard InChI is InChI=1S/C92H159N2O20P/c1-6-11-16-21-26-31-32-37-42-47-58-67-83(100)108-77(65-52-45-40-35-29-24-19-14-9-4)70-84(101)111-90-86(94-81(98)69-76(64-51-44-39-34-28-23-18-13-8-3)107-82(99)66-57-46-41-36-30-25-20-15-10-5)92(110-78(71-95)89(90)114-115(105,112-74-60-53-48-54-61-74)113-75-62-55-49-56-63-75)106-72-79-87(102)88(103)85(91(104)109-79)93-80(97)68-73(96)59-50-43-38-33-27-22-17-12-7-2/h48-49,53-56,60-63,73,76-79,85-92,95-96,102-104H,6-47,50-52,57-59,64-72H2,1-5H3,(H,93,97)(H,94,98)/t73-,76-,77-,78-,79-,85-,86-,87-,88-,89-,90-,91+,92-/m1/s1. The van der Waals surface area contributed by atoms with Gasteiger partial charge in [-0.2, -0.15) is 0 Å². The van der Waals surface area contributed by atoms with E-state index in [4.69, 9.17) is 42.0 Å². The molecule has 0 aliphatic carbocycles. The minimum absolute atomic E-state index is 0.0393. The number of para-hydroxylation sites is 2. The first-order valence-corrected chi connectivity index (χ1v) is 47.6. The third kappa shape index (κ3) is 47.7. The minimum Gasteiger partial charge on any atom is -0.462 e. The number of hydrogen-bond donors (Lipinski definition) is 7. The SMILES string of the molecule is CCCCCCCCCCCCCC(=O)O[C@H](CCCCCCCCCCC)CC(=O)O[C@@H]1[C@@H](NC(=O)C[C@@H](CCCCCCCCCCC)OC(=O)CCCCCCCCCCC)[C@H](OC[C@H]2O[C@H](O)[C@H](NC(=O)C[C@H](O)CCCCCCCCCCC)[C@@H](O)[C@@H]2O)O[C@H](CO)[C@H]1OP(=O)(Oc1ccccc1)Oc1ccccc1. The maximum Gasteiger partial charge on any atom is 0.588 e. The lowest BCUT2D eigenvalue weighted by atomic mass is 9.95. The molecule has 2 aromatic rings. The van der Waals surface area contributed by atoms with Crippen molar-refractivity contribution in [2.75, 3.05) is 13.2 Å². The summed E-state index contributed by atoms with van der Waals surface area (Å²) in [6.45, 7) is 9.31. The lowest BCUT2D eigenvalue weighted by Gasteiger charge is -2.46. The molecule has 115 heavy (non-hydrogen) atoms. The molecule has 2 heterocycles. The van der Waals surface area contributed by atoms with Crippen LogP contribution in [0.15, 0.2) is 60.7 Å². The summed E-state index contributed by atoms with van der Waals surface area (Å²) in [6.07, 6.45) is 32.4. The smallest absolute Gasteiger partial charge is 0.462 e. The molecule has 2 saturated heterocycles. The van der Waals surface area contributed by atoms with Crippen molar-refractivity contribution in [3.63, 3.8) is 0 Å². The maximum absolute atomic E-state index is 15.7. The molecule has 2 aliphatic heterocycles. The van der Waals surface area contributed by atoms with Gasteiger partial charge in [-0.05, 0) is 69.2 Å². The quantitative estimate of drug-likeness (QED) is 0.0140. The van der Waals surface area contributed by atoms with Gasteiger partial charge in [0.15, 0.2) is 18.7 Å². The molecular formula is C92H159N2O20P. The van der Waals surface area contributed by atoms with Crippen molar-refractivity contribution >= 4 is 37.5 Å². The number of amides is 2. The van der Waals surface area contributed by atoms with Gasteiger partial charge in [-0.1, -0.05) is 347 Å². The number of ether oxygens (including phenoxy) is 6. The molecule has 0 radical (unpaired) electrons. The number of aliphatic hydroxyl groups is 5. The van der Waals surface area contributed by atoms with Gasteiger partial charge in [-0.15, -0.1) is 0 Å². The number of nitrogens with one attached hydrogen (secondary N) is 2. The van der Waals surface area contributed by atoms with Crippen molar-refractivity contribution in [2.45, 2.75) is 467 Å². The van der Waals surface area contributed by atoms with Gasteiger partial charge in [0.05, 0.1) is 38.6 Å². The van der Waals surface area contributed by atoms with Crippen LogP contribution >= 0.6 is 7.82 Å². The Bertz CT molecular complexity index is 2750. The topological polar surface area (TPSA) is 311 Å². The molecule has 0 bridgehead atoms. The van der Waals surface area contributed by atoms with E-state index in [1.807, 2.05) is 0 Å². The molecule has 0 aromatic heterocycles. The highest BCUT2D eigenvalue weighted by molar-refractivity contribution is 7.49. The van der Waals surface area contributed by atoms with E-state index in [-0.39, 0.29) is 30.8 Å². The van der Waals surface area contributed by atoms with E-state index in [1.165, 1.54) is 140 Å². The number of benzene rings is 2. The second-order valence-electron chi connectivity index (χ2n) is 32.8. The Kier molecular flexibility index (Phi) is 58.9. The summed E-state index contributed by atoms with van der Waals surface area (Å²) in [7, 11) is -5.05. The number of esters is 3. The molecular weight excluding hydrogens is 1480 g/mol. The summed E-state index contributed by atoms with van der Waals surface area (Å²) < 4.78 is 72.6. The predicted molar refractivity (Wildman–Crippen MR) is 453 cm³/mol. The molecule has 662 valence electrons. The molecule has 2 aliphatic rings. The first-order valence-electron chi connectivity index (χ1n) is 46.2. The molecule has 23 heteroatoms. The monoisotopic (exact) mass is 1640 g/mol. The third-order valence-corrected chi connectivity index (χ3v) is 23.6. The Hall–Kier alpha value is -4.74. The van der Waals surface area contributed by atoms with E-state index in [1.54, 1.807) is 36.4 Å². The minimum atomic E-state index is -5.05. The van der Waals surface area contributed by atoms with Crippen LogP contribution in [0.5, 0.6) is 11.5 Å². The van der Waals surface area contributed by atoms with Crippen LogP contribution in [-0.2, 0) is 61.5 Å². The van der Waals surface area contributed by atoms with Gasteiger partial charge < -0.3 is 73.6 Å². The van der Waals surface area contributed by atoms with E-state index >= 15 is 14.2 Å². The summed E-state index contributed by atoms with van der Waals surface area (Å²) in [5.74, 6) is -3.21. The molecule has 0 spiro atoms. The molecule has 2 amide bonds. The number of phosphoric acid groups is 1. The molecule has 0 saturated carbocycles. The predicted octanol–water partition coefficient (Wildman–Crippen LogP) is 20.4. The molecule has 2 fully saturated rings. The Morgan fingerprint density at radius 1 is 0.409 bits per heavy atom. The molecule has 7 N–H and O–H groups in total. The molecule has 22 nitrogen and oxygen atoms in total. The van der Waals surface area contributed by atoms with Gasteiger partial charge in [-0.25, -0.2) is 4.57 Å². The second-order valence-corrected chi connectivity index (χ2v) is 34.2. The number of carbonyl (C=O) groups is 5. The van der Waals surface area contributed by atoms with Crippen molar-refractivity contribution in [1.29, 1.82) is 0 Å². The number of unbranched alkanes of at least 4 members (excludes halogenated alkanes) is 42. The van der Waals surface area contributed by atoms with Crippen molar-refractivity contribution in [3.05, 3.63) is 60.7 Å². The van der Waals surface area contributed by atoms with Crippen LogP contribution in [0.25, 0.3) is 0 Å². The number of aliphatic hydroxyl groups excluding tert-OH is 5. The Morgan fingerprint density at radius 3 is 1.17 bits per heavy atom. The number of rotatable bonds is 73. The first kappa shape index (κ1) is 103. The number of carbonyl (C=O) groups excluding carboxylic acids is 5. The lowest BCUT2D eigenvalue weighted by Crippen LogP contribution is -2.67. The van der Waals surface area contributed by atoms with Crippen molar-refractivity contribution in [2.24, 2.45) is 0 Å². The summed E-state index contributed by atoms with van der Waals surface area (Å²) in [5, 5.41) is 63.0. The van der Waals surface area contributed by atoms with Gasteiger partial charge in [0.1, 0.15) is 66.3 Å². The molecule has 13 atom stereocenters. The maximum atomic E-state index is 15.7.